The van der Waals surface area contributed by atoms with Crippen LogP contribution in [0.1, 0.15) is 31.0 Å². The molecular formula is C18H25ClN2O3S. The molecule has 2 aromatic carbocycles. The van der Waals surface area contributed by atoms with Crippen molar-refractivity contribution in [2.24, 2.45) is 5.14 Å². The molecule has 0 fully saturated rings. The van der Waals surface area contributed by atoms with Gasteiger partial charge in [0.25, 0.3) is 0 Å². The molecule has 0 aliphatic heterocycles. The summed E-state index contributed by atoms with van der Waals surface area (Å²) < 4.78 is 28.5. The Hall–Kier alpha value is -1.60. The summed E-state index contributed by atoms with van der Waals surface area (Å²) in [6, 6.07) is 15.6. The number of sulfonamides is 1. The monoisotopic (exact) mass is 384 g/mol. The van der Waals surface area contributed by atoms with Crippen LogP contribution in [0.25, 0.3) is 0 Å². The first-order valence-electron chi connectivity index (χ1n) is 7.82. The van der Waals surface area contributed by atoms with E-state index < -0.39 is 10.0 Å². The molecule has 0 heterocycles. The van der Waals surface area contributed by atoms with E-state index in [-0.39, 0.29) is 35.1 Å². The van der Waals surface area contributed by atoms with E-state index in [9.17, 15) is 8.42 Å². The van der Waals surface area contributed by atoms with E-state index in [0.29, 0.717) is 6.42 Å². The third kappa shape index (κ3) is 6.01. The molecule has 2 aromatic rings. The highest BCUT2D eigenvalue weighted by atomic mass is 35.5. The van der Waals surface area contributed by atoms with Gasteiger partial charge < -0.3 is 10.1 Å². The summed E-state index contributed by atoms with van der Waals surface area (Å²) in [5.41, 5.74) is 2.10. The molecule has 3 N–H and O–H groups in total. The molecule has 0 spiro atoms. The average Bonchev–Trinajstić information content (AvgIpc) is 2.54. The van der Waals surface area contributed by atoms with Crippen molar-refractivity contribution in [2.45, 2.75) is 37.2 Å². The third-order valence-corrected chi connectivity index (χ3v) is 4.84. The summed E-state index contributed by atoms with van der Waals surface area (Å²) >= 11 is 0. The Morgan fingerprint density at radius 3 is 2.32 bits per heavy atom. The minimum Gasteiger partial charge on any atom is -0.495 e. The van der Waals surface area contributed by atoms with E-state index in [1.54, 1.807) is 12.1 Å². The molecule has 0 aliphatic rings. The summed E-state index contributed by atoms with van der Waals surface area (Å²) in [4.78, 5) is 0.0193. The Morgan fingerprint density at radius 2 is 1.76 bits per heavy atom. The van der Waals surface area contributed by atoms with Crippen LogP contribution in [-0.2, 0) is 16.4 Å². The Balaban J connectivity index is 0.00000312. The van der Waals surface area contributed by atoms with Crippen LogP contribution in [0.4, 0.5) is 0 Å². The van der Waals surface area contributed by atoms with Crippen LogP contribution in [0, 0.1) is 0 Å². The molecule has 0 amide bonds. The summed E-state index contributed by atoms with van der Waals surface area (Å²) in [6.07, 6.45) is 0.684. The number of halogens is 1. The highest BCUT2D eigenvalue weighted by Crippen LogP contribution is 2.24. The fraction of sp³-hybridized carbons (Fsp3) is 0.333. The van der Waals surface area contributed by atoms with Crippen molar-refractivity contribution >= 4 is 22.4 Å². The lowest BCUT2D eigenvalue weighted by Gasteiger charge is -2.21. The smallest absolute Gasteiger partial charge is 0.241 e. The van der Waals surface area contributed by atoms with E-state index in [4.69, 9.17) is 9.88 Å². The molecule has 0 radical (unpaired) electrons. The Morgan fingerprint density at radius 1 is 1.12 bits per heavy atom. The molecule has 0 saturated heterocycles. The first-order chi connectivity index (χ1) is 11.3. The molecule has 0 aliphatic carbocycles. The van der Waals surface area contributed by atoms with Gasteiger partial charge in [-0.25, -0.2) is 13.6 Å². The van der Waals surface area contributed by atoms with Gasteiger partial charge in [0.05, 0.1) is 7.11 Å². The van der Waals surface area contributed by atoms with Gasteiger partial charge in [0.2, 0.25) is 10.0 Å². The van der Waals surface area contributed by atoms with Crippen molar-refractivity contribution in [3.05, 3.63) is 59.7 Å². The topological polar surface area (TPSA) is 81.4 Å². The number of ether oxygens (including phenoxy) is 1. The number of methoxy groups -OCH3 is 1. The van der Waals surface area contributed by atoms with E-state index in [0.717, 1.165) is 5.56 Å². The maximum atomic E-state index is 11.7. The summed E-state index contributed by atoms with van der Waals surface area (Å²) in [5, 5.41) is 8.79. The van der Waals surface area contributed by atoms with Crippen molar-refractivity contribution in [2.75, 3.05) is 7.11 Å². The number of nitrogens with two attached hydrogens (primary N) is 1. The maximum absolute atomic E-state index is 11.7. The van der Waals surface area contributed by atoms with Gasteiger partial charge in [-0.05, 0) is 43.5 Å². The lowest BCUT2D eigenvalue weighted by Crippen LogP contribution is -2.30. The van der Waals surface area contributed by atoms with Gasteiger partial charge >= 0.3 is 0 Å². The molecule has 7 heteroatoms. The number of benzene rings is 2. The van der Waals surface area contributed by atoms with Crippen LogP contribution in [-0.4, -0.2) is 21.6 Å². The molecule has 0 saturated carbocycles. The zero-order chi connectivity index (χ0) is 17.7. The summed E-state index contributed by atoms with van der Waals surface area (Å²) in [6.45, 7) is 4.18. The van der Waals surface area contributed by atoms with Crippen LogP contribution in [0.3, 0.4) is 0 Å². The second-order valence-electron chi connectivity index (χ2n) is 5.93. The quantitative estimate of drug-likeness (QED) is 0.768. The molecule has 0 unspecified atom stereocenters. The fourth-order valence-corrected chi connectivity index (χ4v) is 3.50. The van der Waals surface area contributed by atoms with Crippen molar-refractivity contribution in [1.82, 2.24) is 5.32 Å². The normalized spacial score (nSPS) is 13.6. The minimum absolute atomic E-state index is 0. The highest BCUT2D eigenvalue weighted by molar-refractivity contribution is 7.89. The van der Waals surface area contributed by atoms with Gasteiger partial charge in [0.1, 0.15) is 10.6 Å². The number of nitrogens with one attached hydrogen (secondary N) is 1. The maximum Gasteiger partial charge on any atom is 0.241 e. The van der Waals surface area contributed by atoms with Gasteiger partial charge in [-0.15, -0.1) is 12.4 Å². The SMILES string of the molecule is COc1ccc(C[C@@H](C)N[C@H](C)c2ccccc2)cc1S(N)(=O)=O.Cl. The van der Waals surface area contributed by atoms with E-state index in [1.165, 1.54) is 12.7 Å². The number of primary sulfonamides is 1. The molecule has 5 nitrogen and oxygen atoms in total. The molecule has 2 rings (SSSR count). The second kappa shape index (κ2) is 9.20. The van der Waals surface area contributed by atoms with Crippen LogP contribution in [0.15, 0.2) is 53.4 Å². The molecule has 138 valence electrons. The van der Waals surface area contributed by atoms with Crippen LogP contribution >= 0.6 is 12.4 Å². The Labute approximate surface area is 156 Å². The third-order valence-electron chi connectivity index (χ3n) is 3.91. The van der Waals surface area contributed by atoms with Crippen molar-refractivity contribution in [3.63, 3.8) is 0 Å². The summed E-state index contributed by atoms with van der Waals surface area (Å²) in [7, 11) is -2.39. The molecule has 0 aromatic heterocycles. The van der Waals surface area contributed by atoms with Crippen molar-refractivity contribution < 1.29 is 13.2 Å². The van der Waals surface area contributed by atoms with Gasteiger partial charge in [-0.3, -0.25) is 0 Å². The van der Waals surface area contributed by atoms with Gasteiger partial charge in [0.15, 0.2) is 0 Å². The highest BCUT2D eigenvalue weighted by Gasteiger charge is 2.17. The predicted molar refractivity (Wildman–Crippen MR) is 103 cm³/mol. The number of hydrogen-bond acceptors (Lipinski definition) is 4. The van der Waals surface area contributed by atoms with Crippen molar-refractivity contribution in [3.8, 4) is 5.75 Å². The van der Waals surface area contributed by atoms with E-state index in [1.807, 2.05) is 24.3 Å². The van der Waals surface area contributed by atoms with Crippen LogP contribution in [0.2, 0.25) is 0 Å². The number of hydrogen-bond donors (Lipinski definition) is 2. The van der Waals surface area contributed by atoms with E-state index in [2.05, 4.69) is 31.3 Å². The molecular weight excluding hydrogens is 360 g/mol. The lowest BCUT2D eigenvalue weighted by atomic mass is 10.0. The molecule has 2 atom stereocenters. The Kier molecular flexibility index (Phi) is 7.89. The zero-order valence-corrected chi connectivity index (χ0v) is 16.2. The van der Waals surface area contributed by atoms with Crippen molar-refractivity contribution in [1.29, 1.82) is 0 Å². The van der Waals surface area contributed by atoms with E-state index >= 15 is 0 Å². The second-order valence-corrected chi connectivity index (χ2v) is 7.46. The van der Waals surface area contributed by atoms with Crippen LogP contribution < -0.4 is 15.2 Å². The van der Waals surface area contributed by atoms with Crippen LogP contribution in [0.5, 0.6) is 5.75 Å². The standard InChI is InChI=1S/C18H24N2O3S.ClH/c1-13(20-14(2)16-7-5-4-6-8-16)11-15-9-10-17(23-3)18(12-15)24(19,21)22;/h4-10,12-14,20H,11H2,1-3H3,(H2,19,21,22);1H/t13-,14-;/m1./s1. The van der Waals surface area contributed by atoms with Gasteiger partial charge in [0, 0.05) is 12.1 Å². The Bertz CT molecular complexity index is 782. The fourth-order valence-electron chi connectivity index (χ4n) is 2.75. The van der Waals surface area contributed by atoms with Gasteiger partial charge in [-0.1, -0.05) is 36.4 Å². The zero-order valence-electron chi connectivity index (χ0n) is 14.6. The average molecular weight is 385 g/mol. The summed E-state index contributed by atoms with van der Waals surface area (Å²) in [5.74, 6) is 0.263. The first-order valence-corrected chi connectivity index (χ1v) is 9.36. The molecule has 0 bridgehead atoms. The van der Waals surface area contributed by atoms with Gasteiger partial charge in [-0.2, -0.15) is 0 Å². The molecule has 25 heavy (non-hydrogen) atoms. The predicted octanol–water partition coefficient (Wildman–Crippen LogP) is 3.05. The largest absolute Gasteiger partial charge is 0.495 e. The number of rotatable bonds is 7. The minimum atomic E-state index is -3.82. The first kappa shape index (κ1) is 21.4. The lowest BCUT2D eigenvalue weighted by molar-refractivity contribution is 0.402.